The minimum absolute atomic E-state index is 0.192. The number of aryl methyl sites for hydroxylation is 2. The zero-order valence-corrected chi connectivity index (χ0v) is 19.9. The van der Waals surface area contributed by atoms with Gasteiger partial charge in [-0.25, -0.2) is 4.39 Å². The molecule has 0 fully saturated rings. The molecule has 0 saturated carbocycles. The fourth-order valence-electron chi connectivity index (χ4n) is 3.70. The van der Waals surface area contributed by atoms with Crippen LogP contribution < -0.4 is 5.73 Å². The smallest absolute Gasteiger partial charge is 0.277 e. The Morgan fingerprint density at radius 3 is 2.49 bits per heavy atom. The van der Waals surface area contributed by atoms with E-state index in [9.17, 15) is 4.39 Å². The first kappa shape index (κ1) is 25.3. The summed E-state index contributed by atoms with van der Waals surface area (Å²) in [7, 11) is 0. The summed E-state index contributed by atoms with van der Waals surface area (Å²) in [6.45, 7) is 16.7. The SMILES string of the molecule is C=C/C(F)=C(\C=C)C/C(=C(\N=C)c1nc(-c2ccc(CCC(=C)N)cc2C)no1)c1ccccc1. The fourth-order valence-corrected chi connectivity index (χ4v) is 3.70. The second-order valence-electron chi connectivity index (χ2n) is 8.04. The number of nitrogens with zero attached hydrogens (tertiary/aromatic N) is 3. The summed E-state index contributed by atoms with van der Waals surface area (Å²) in [5.41, 5.74) is 11.6. The number of nitrogens with two attached hydrogens (primary N) is 1. The van der Waals surface area contributed by atoms with Crippen LogP contribution in [0.25, 0.3) is 22.7 Å². The lowest BCUT2D eigenvalue weighted by Crippen LogP contribution is -1.97. The van der Waals surface area contributed by atoms with Crippen molar-refractivity contribution in [3.63, 3.8) is 0 Å². The predicted octanol–water partition coefficient (Wildman–Crippen LogP) is 7.00. The topological polar surface area (TPSA) is 77.3 Å². The van der Waals surface area contributed by atoms with Crippen molar-refractivity contribution in [1.29, 1.82) is 0 Å². The van der Waals surface area contributed by atoms with Crippen molar-refractivity contribution >= 4 is 18.0 Å². The van der Waals surface area contributed by atoms with Crippen LogP contribution >= 0.6 is 0 Å². The molecule has 1 aromatic heterocycles. The molecule has 178 valence electrons. The highest BCUT2D eigenvalue weighted by atomic mass is 19.1. The highest BCUT2D eigenvalue weighted by Gasteiger charge is 2.20. The molecule has 0 aliphatic heterocycles. The molecule has 0 bridgehead atoms. The molecule has 6 heteroatoms. The van der Waals surface area contributed by atoms with Crippen molar-refractivity contribution in [2.75, 3.05) is 0 Å². The van der Waals surface area contributed by atoms with Crippen LogP contribution in [0.1, 0.15) is 35.4 Å². The molecule has 0 aliphatic rings. The summed E-state index contributed by atoms with van der Waals surface area (Å²) < 4.78 is 20.0. The molecule has 35 heavy (non-hydrogen) atoms. The molecule has 2 N–H and O–H groups in total. The van der Waals surface area contributed by atoms with Crippen molar-refractivity contribution in [3.8, 4) is 11.4 Å². The van der Waals surface area contributed by atoms with E-state index in [4.69, 9.17) is 10.3 Å². The van der Waals surface area contributed by atoms with E-state index in [-0.39, 0.29) is 12.3 Å². The molecule has 2 aromatic carbocycles. The van der Waals surface area contributed by atoms with Gasteiger partial charge >= 0.3 is 0 Å². The molecule has 0 amide bonds. The van der Waals surface area contributed by atoms with E-state index in [1.165, 1.54) is 6.08 Å². The van der Waals surface area contributed by atoms with Gasteiger partial charge in [0.1, 0.15) is 11.5 Å². The molecule has 3 rings (SSSR count). The van der Waals surface area contributed by atoms with Gasteiger partial charge in [-0.3, -0.25) is 4.99 Å². The Morgan fingerprint density at radius 1 is 1.14 bits per heavy atom. The summed E-state index contributed by atoms with van der Waals surface area (Å²) >= 11 is 0. The maximum absolute atomic E-state index is 14.4. The third-order valence-corrected chi connectivity index (χ3v) is 5.56. The zero-order chi connectivity index (χ0) is 25.4. The first-order valence-electron chi connectivity index (χ1n) is 11.1. The maximum atomic E-state index is 14.4. The van der Waals surface area contributed by atoms with Crippen molar-refractivity contribution in [3.05, 3.63) is 120 Å². The number of aromatic nitrogens is 2. The molecule has 0 radical (unpaired) electrons. The van der Waals surface area contributed by atoms with Gasteiger partial charge < -0.3 is 10.3 Å². The monoisotopic (exact) mass is 468 g/mol. The van der Waals surface area contributed by atoms with Crippen LogP contribution in [-0.4, -0.2) is 16.9 Å². The van der Waals surface area contributed by atoms with Crippen molar-refractivity contribution in [2.45, 2.75) is 26.2 Å². The first-order valence-corrected chi connectivity index (χ1v) is 11.1. The molecule has 3 aromatic rings. The zero-order valence-electron chi connectivity index (χ0n) is 19.9. The van der Waals surface area contributed by atoms with Crippen molar-refractivity contribution in [1.82, 2.24) is 10.1 Å². The molecule has 0 atom stereocenters. The fraction of sp³-hybridized carbons (Fsp3) is 0.138. The third kappa shape index (κ3) is 6.18. The predicted molar refractivity (Wildman–Crippen MR) is 142 cm³/mol. The Labute approximate surface area is 205 Å². The maximum Gasteiger partial charge on any atom is 0.277 e. The highest BCUT2D eigenvalue weighted by molar-refractivity contribution is 5.90. The van der Waals surface area contributed by atoms with Crippen LogP contribution in [0.5, 0.6) is 0 Å². The molecular formula is C29H29FN4O. The average Bonchev–Trinajstić information content (AvgIpc) is 3.34. The summed E-state index contributed by atoms with van der Waals surface area (Å²) in [6.07, 6.45) is 4.34. The van der Waals surface area contributed by atoms with Crippen LogP contribution in [0.15, 0.2) is 107 Å². The summed E-state index contributed by atoms with van der Waals surface area (Å²) in [5.74, 6) is 0.161. The van der Waals surface area contributed by atoms with Gasteiger partial charge in [-0.15, -0.1) is 0 Å². The number of benzene rings is 2. The lowest BCUT2D eigenvalue weighted by molar-refractivity contribution is 0.408. The number of hydrogen-bond acceptors (Lipinski definition) is 5. The number of halogens is 1. The van der Waals surface area contributed by atoms with Gasteiger partial charge in [0, 0.05) is 17.7 Å². The lowest BCUT2D eigenvalue weighted by atomic mass is 9.95. The Morgan fingerprint density at radius 2 is 1.89 bits per heavy atom. The van der Waals surface area contributed by atoms with Gasteiger partial charge in [0.2, 0.25) is 5.82 Å². The van der Waals surface area contributed by atoms with Crippen LogP contribution in [-0.2, 0) is 6.42 Å². The molecule has 0 saturated heterocycles. The molecular weight excluding hydrogens is 439 g/mol. The first-order chi connectivity index (χ1) is 16.9. The van der Waals surface area contributed by atoms with E-state index in [2.05, 4.69) is 47.7 Å². The average molecular weight is 469 g/mol. The summed E-state index contributed by atoms with van der Waals surface area (Å²) in [5, 5.41) is 4.18. The summed E-state index contributed by atoms with van der Waals surface area (Å²) in [4.78, 5) is 8.80. The van der Waals surface area contributed by atoms with Gasteiger partial charge in [-0.05, 0) is 60.4 Å². The van der Waals surface area contributed by atoms with Crippen molar-refractivity contribution < 1.29 is 8.91 Å². The van der Waals surface area contributed by atoms with Gasteiger partial charge in [0.05, 0.1) is 0 Å². The second kappa shape index (κ2) is 11.7. The van der Waals surface area contributed by atoms with E-state index in [1.54, 1.807) is 0 Å². The minimum Gasteiger partial charge on any atom is -0.403 e. The Balaban J connectivity index is 2.06. The van der Waals surface area contributed by atoms with E-state index < -0.39 is 5.83 Å². The van der Waals surface area contributed by atoms with Crippen LogP contribution in [0.2, 0.25) is 0 Å². The minimum atomic E-state index is -0.461. The van der Waals surface area contributed by atoms with E-state index in [0.717, 1.165) is 41.2 Å². The standard InChI is InChI=1S/C29H29FN4O/c1-6-22(26(30)7-2)18-25(23-11-9-8-10-12-23)27(32-5)29-33-28(34-35-29)24-16-15-21(17-19(24)3)14-13-20(4)31/h6-12,15-17H,1-2,4-5,13-14,18,31H2,3H3/b26-22-,27-25+. The summed E-state index contributed by atoms with van der Waals surface area (Å²) in [6, 6.07) is 15.5. The van der Waals surface area contributed by atoms with Gasteiger partial charge in [0.15, 0.2) is 0 Å². The second-order valence-corrected chi connectivity index (χ2v) is 8.04. The van der Waals surface area contributed by atoms with E-state index in [0.29, 0.717) is 28.4 Å². The van der Waals surface area contributed by atoms with E-state index >= 15 is 0 Å². The highest BCUT2D eigenvalue weighted by Crippen LogP contribution is 2.34. The Hall–Kier alpha value is -4.32. The van der Waals surface area contributed by atoms with Crippen LogP contribution in [0.4, 0.5) is 4.39 Å². The lowest BCUT2D eigenvalue weighted by Gasteiger charge is -2.12. The molecule has 1 heterocycles. The molecule has 0 spiro atoms. The van der Waals surface area contributed by atoms with Gasteiger partial charge in [0.25, 0.3) is 5.89 Å². The largest absolute Gasteiger partial charge is 0.403 e. The Bertz CT molecular complexity index is 1320. The van der Waals surface area contributed by atoms with Crippen molar-refractivity contribution in [2.24, 2.45) is 10.7 Å². The molecule has 0 unspecified atom stereocenters. The van der Waals surface area contributed by atoms with Gasteiger partial charge in [-0.1, -0.05) is 79.5 Å². The van der Waals surface area contributed by atoms with Gasteiger partial charge in [-0.2, -0.15) is 4.98 Å². The number of aliphatic imine (C=N–C) groups is 1. The number of rotatable bonds is 11. The number of allylic oxidation sites excluding steroid dienone is 6. The Kier molecular flexibility index (Phi) is 8.46. The molecule has 5 nitrogen and oxygen atoms in total. The number of hydrogen-bond donors (Lipinski definition) is 1. The quantitative estimate of drug-likeness (QED) is 0.243. The van der Waals surface area contributed by atoms with E-state index in [1.807, 2.05) is 49.4 Å². The molecule has 0 aliphatic carbocycles. The van der Waals surface area contributed by atoms with Crippen LogP contribution in [0, 0.1) is 6.92 Å². The van der Waals surface area contributed by atoms with Crippen LogP contribution in [0.3, 0.4) is 0 Å². The normalized spacial score (nSPS) is 12.4. The third-order valence-electron chi connectivity index (χ3n) is 5.56.